The highest BCUT2D eigenvalue weighted by Crippen LogP contribution is 2.21. The average Bonchev–Trinajstić information content (AvgIpc) is 3.19. The minimum absolute atomic E-state index is 0.0807. The standard InChI is InChI=1S/C19H22N6O2S/c1-24(2)18-14(5-4-10-20-18)11-21-17(26)12-28-19-23-22-13-25(19)15-6-8-16(27-3)9-7-15/h4-10,13H,11-12H2,1-3H3,(H,21,26). The molecule has 0 atom stereocenters. The molecule has 0 saturated carbocycles. The minimum atomic E-state index is -0.0807. The Labute approximate surface area is 167 Å². The van der Waals surface area contributed by atoms with Gasteiger partial charge in [-0.15, -0.1) is 10.2 Å². The Bertz CT molecular complexity index is 926. The lowest BCUT2D eigenvalue weighted by atomic mass is 10.2. The topological polar surface area (TPSA) is 85.2 Å². The van der Waals surface area contributed by atoms with E-state index in [1.165, 1.54) is 11.8 Å². The molecule has 2 heterocycles. The van der Waals surface area contributed by atoms with E-state index >= 15 is 0 Å². The summed E-state index contributed by atoms with van der Waals surface area (Å²) in [4.78, 5) is 18.5. The molecule has 0 spiro atoms. The number of nitrogens with zero attached hydrogens (tertiary/aromatic N) is 5. The van der Waals surface area contributed by atoms with E-state index in [9.17, 15) is 4.79 Å². The van der Waals surface area contributed by atoms with E-state index in [2.05, 4.69) is 20.5 Å². The van der Waals surface area contributed by atoms with Crippen molar-refractivity contribution in [3.05, 3.63) is 54.5 Å². The molecule has 8 nitrogen and oxygen atoms in total. The van der Waals surface area contributed by atoms with Gasteiger partial charge in [-0.05, 0) is 30.3 Å². The van der Waals surface area contributed by atoms with Crippen LogP contribution >= 0.6 is 11.8 Å². The van der Waals surface area contributed by atoms with E-state index in [-0.39, 0.29) is 11.7 Å². The fourth-order valence-corrected chi connectivity index (χ4v) is 3.35. The first-order chi connectivity index (χ1) is 13.6. The molecule has 0 aliphatic carbocycles. The zero-order valence-electron chi connectivity index (χ0n) is 16.0. The zero-order valence-corrected chi connectivity index (χ0v) is 16.8. The van der Waals surface area contributed by atoms with Crippen molar-refractivity contribution >= 4 is 23.5 Å². The SMILES string of the molecule is COc1ccc(-n2cnnc2SCC(=O)NCc2cccnc2N(C)C)cc1. The van der Waals surface area contributed by atoms with Gasteiger partial charge in [0.05, 0.1) is 12.9 Å². The minimum Gasteiger partial charge on any atom is -0.497 e. The highest BCUT2D eigenvalue weighted by molar-refractivity contribution is 7.99. The number of hydrogen-bond donors (Lipinski definition) is 1. The molecule has 1 aromatic carbocycles. The molecule has 0 bridgehead atoms. The number of aromatic nitrogens is 4. The van der Waals surface area contributed by atoms with Gasteiger partial charge in [0.15, 0.2) is 5.16 Å². The number of hydrogen-bond acceptors (Lipinski definition) is 7. The number of ether oxygens (including phenoxy) is 1. The first-order valence-electron chi connectivity index (χ1n) is 8.63. The van der Waals surface area contributed by atoms with Gasteiger partial charge >= 0.3 is 0 Å². The van der Waals surface area contributed by atoms with Gasteiger partial charge in [0.2, 0.25) is 5.91 Å². The van der Waals surface area contributed by atoms with E-state index in [4.69, 9.17) is 4.74 Å². The highest BCUT2D eigenvalue weighted by atomic mass is 32.2. The Morgan fingerprint density at radius 3 is 2.75 bits per heavy atom. The number of carbonyl (C=O) groups excluding carboxylic acids is 1. The molecule has 0 saturated heterocycles. The van der Waals surface area contributed by atoms with Crippen LogP contribution in [0.4, 0.5) is 5.82 Å². The van der Waals surface area contributed by atoms with Crippen LogP contribution in [0.15, 0.2) is 54.1 Å². The average molecular weight is 398 g/mol. The van der Waals surface area contributed by atoms with Crippen LogP contribution in [0.25, 0.3) is 5.69 Å². The van der Waals surface area contributed by atoms with E-state index in [1.807, 2.05) is 60.0 Å². The number of benzene rings is 1. The Morgan fingerprint density at radius 2 is 2.04 bits per heavy atom. The highest BCUT2D eigenvalue weighted by Gasteiger charge is 2.11. The summed E-state index contributed by atoms with van der Waals surface area (Å²) in [7, 11) is 5.48. The maximum Gasteiger partial charge on any atom is 0.230 e. The Morgan fingerprint density at radius 1 is 1.25 bits per heavy atom. The molecule has 1 N–H and O–H groups in total. The number of rotatable bonds is 8. The number of thioether (sulfide) groups is 1. The van der Waals surface area contributed by atoms with Crippen molar-refractivity contribution in [2.45, 2.75) is 11.7 Å². The maximum atomic E-state index is 12.3. The van der Waals surface area contributed by atoms with Gasteiger partial charge in [-0.1, -0.05) is 17.8 Å². The van der Waals surface area contributed by atoms with Gasteiger partial charge in [0.25, 0.3) is 0 Å². The predicted molar refractivity (Wildman–Crippen MR) is 109 cm³/mol. The number of methoxy groups -OCH3 is 1. The van der Waals surface area contributed by atoms with Gasteiger partial charge in [-0.25, -0.2) is 4.98 Å². The van der Waals surface area contributed by atoms with Crippen molar-refractivity contribution in [2.75, 3.05) is 31.9 Å². The summed E-state index contributed by atoms with van der Waals surface area (Å²) in [5.41, 5.74) is 1.87. The van der Waals surface area contributed by atoms with E-state index in [0.29, 0.717) is 11.7 Å². The van der Waals surface area contributed by atoms with Gasteiger partial charge in [-0.2, -0.15) is 0 Å². The summed E-state index contributed by atoms with van der Waals surface area (Å²) in [5.74, 6) is 1.78. The van der Waals surface area contributed by atoms with Crippen molar-refractivity contribution in [1.29, 1.82) is 0 Å². The summed E-state index contributed by atoms with van der Waals surface area (Å²) >= 11 is 1.33. The number of nitrogens with one attached hydrogen (secondary N) is 1. The lowest BCUT2D eigenvalue weighted by molar-refractivity contribution is -0.118. The third-order valence-electron chi connectivity index (χ3n) is 3.97. The summed E-state index contributed by atoms with van der Waals surface area (Å²) in [6.07, 6.45) is 3.36. The molecule has 0 radical (unpaired) electrons. The van der Waals surface area contributed by atoms with Crippen LogP contribution in [-0.4, -0.2) is 52.6 Å². The van der Waals surface area contributed by atoms with Gasteiger partial charge in [-0.3, -0.25) is 9.36 Å². The molecule has 0 aliphatic rings. The molecule has 0 fully saturated rings. The molecular weight excluding hydrogens is 376 g/mol. The molecule has 1 amide bonds. The second-order valence-electron chi connectivity index (χ2n) is 6.13. The molecule has 146 valence electrons. The van der Waals surface area contributed by atoms with Crippen molar-refractivity contribution in [3.63, 3.8) is 0 Å². The second-order valence-corrected chi connectivity index (χ2v) is 7.07. The fourth-order valence-electron chi connectivity index (χ4n) is 2.59. The third kappa shape index (κ3) is 4.80. The first kappa shape index (κ1) is 19.7. The van der Waals surface area contributed by atoms with Crippen LogP contribution in [-0.2, 0) is 11.3 Å². The molecule has 2 aromatic heterocycles. The Hall–Kier alpha value is -3.07. The van der Waals surface area contributed by atoms with Gasteiger partial charge < -0.3 is 15.0 Å². The summed E-state index contributed by atoms with van der Waals surface area (Å²) in [6, 6.07) is 11.4. The van der Waals surface area contributed by atoms with Crippen LogP contribution in [0.1, 0.15) is 5.56 Å². The van der Waals surface area contributed by atoms with Crippen LogP contribution in [0, 0.1) is 0 Å². The van der Waals surface area contributed by atoms with Crippen LogP contribution in [0.2, 0.25) is 0 Å². The number of pyridine rings is 1. The Kier molecular flexibility index (Phi) is 6.49. The van der Waals surface area contributed by atoms with Crippen molar-refractivity contribution in [1.82, 2.24) is 25.1 Å². The van der Waals surface area contributed by atoms with Crippen LogP contribution in [0.3, 0.4) is 0 Å². The number of carbonyl (C=O) groups is 1. The quantitative estimate of drug-likeness (QED) is 0.582. The molecule has 3 aromatic rings. The summed E-state index contributed by atoms with van der Waals surface area (Å²) in [5, 5.41) is 11.6. The number of anilines is 1. The predicted octanol–water partition coefficient (Wildman–Crippen LogP) is 2.15. The lowest BCUT2D eigenvalue weighted by Crippen LogP contribution is -2.26. The van der Waals surface area contributed by atoms with Crippen LogP contribution < -0.4 is 15.0 Å². The van der Waals surface area contributed by atoms with Crippen LogP contribution in [0.5, 0.6) is 5.75 Å². The third-order valence-corrected chi connectivity index (χ3v) is 4.91. The maximum absolute atomic E-state index is 12.3. The fraction of sp³-hybridized carbons (Fsp3) is 0.263. The van der Waals surface area contributed by atoms with Crippen molar-refractivity contribution in [2.24, 2.45) is 0 Å². The zero-order chi connectivity index (χ0) is 19.9. The smallest absolute Gasteiger partial charge is 0.230 e. The molecular formula is C19H22N6O2S. The largest absolute Gasteiger partial charge is 0.497 e. The summed E-state index contributed by atoms with van der Waals surface area (Å²) < 4.78 is 7.01. The molecule has 0 unspecified atom stereocenters. The second kappa shape index (κ2) is 9.23. The van der Waals surface area contributed by atoms with Crippen molar-refractivity contribution < 1.29 is 9.53 Å². The normalized spacial score (nSPS) is 10.5. The lowest BCUT2D eigenvalue weighted by Gasteiger charge is -2.16. The van der Waals surface area contributed by atoms with Crippen molar-refractivity contribution in [3.8, 4) is 11.4 Å². The molecule has 9 heteroatoms. The summed E-state index contributed by atoms with van der Waals surface area (Å²) in [6.45, 7) is 0.423. The Balaban J connectivity index is 1.58. The molecule has 28 heavy (non-hydrogen) atoms. The first-order valence-corrected chi connectivity index (χ1v) is 9.62. The van der Waals surface area contributed by atoms with E-state index < -0.39 is 0 Å². The number of amides is 1. The van der Waals surface area contributed by atoms with Gasteiger partial charge in [0.1, 0.15) is 17.9 Å². The molecule has 3 rings (SSSR count). The monoisotopic (exact) mass is 398 g/mol. The van der Waals surface area contributed by atoms with E-state index in [0.717, 1.165) is 22.8 Å². The van der Waals surface area contributed by atoms with E-state index in [1.54, 1.807) is 19.6 Å². The van der Waals surface area contributed by atoms with Gasteiger partial charge in [0, 0.05) is 38.1 Å². The molecule has 0 aliphatic heterocycles.